The number of anilines is 1. The fraction of sp³-hybridized carbons (Fsp3) is 0.368. The van der Waals surface area contributed by atoms with E-state index in [2.05, 4.69) is 87.8 Å². The second kappa shape index (κ2) is 6.57. The molecule has 0 heterocycles. The molecule has 0 aliphatic rings. The molecule has 1 unspecified atom stereocenters. The van der Waals surface area contributed by atoms with E-state index in [1.54, 1.807) is 11.8 Å². The molecule has 0 radical (unpaired) electrons. The van der Waals surface area contributed by atoms with Crippen LogP contribution >= 0.6 is 11.8 Å². The van der Waals surface area contributed by atoms with Crippen LogP contribution in [0.3, 0.4) is 0 Å². The van der Waals surface area contributed by atoms with Gasteiger partial charge in [-0.1, -0.05) is 51.1 Å². The quantitative estimate of drug-likeness (QED) is 0.708. The van der Waals surface area contributed by atoms with Crippen molar-refractivity contribution < 1.29 is 0 Å². The number of rotatable bonds is 4. The Morgan fingerprint density at radius 3 is 2.14 bits per heavy atom. The van der Waals surface area contributed by atoms with Crippen molar-refractivity contribution in [3.8, 4) is 0 Å². The van der Waals surface area contributed by atoms with Crippen molar-refractivity contribution in [2.45, 2.75) is 44.0 Å². The van der Waals surface area contributed by atoms with Crippen molar-refractivity contribution in [1.82, 2.24) is 0 Å². The minimum Gasteiger partial charge on any atom is -0.378 e. The van der Waals surface area contributed by atoms with Gasteiger partial charge in [-0.2, -0.15) is 0 Å². The first kappa shape index (κ1) is 16.0. The lowest BCUT2D eigenvalue weighted by atomic mass is 9.85. The Kier molecular flexibility index (Phi) is 5.00. The predicted molar refractivity (Wildman–Crippen MR) is 95.4 cm³/mol. The van der Waals surface area contributed by atoms with Gasteiger partial charge in [-0.25, -0.2) is 0 Å². The van der Waals surface area contributed by atoms with Crippen LogP contribution in [0.15, 0.2) is 53.4 Å². The van der Waals surface area contributed by atoms with Crippen LogP contribution in [0.5, 0.6) is 0 Å². The number of hydrogen-bond donors (Lipinski definition) is 1. The molecule has 1 nitrogen and oxygen atoms in total. The molecule has 0 bridgehead atoms. The zero-order chi connectivity index (χ0) is 15.5. The fourth-order valence-electron chi connectivity index (χ4n) is 2.47. The smallest absolute Gasteiger partial charge is 0.0485 e. The van der Waals surface area contributed by atoms with Crippen LogP contribution < -0.4 is 5.32 Å². The van der Waals surface area contributed by atoms with Gasteiger partial charge in [0.2, 0.25) is 0 Å². The summed E-state index contributed by atoms with van der Waals surface area (Å²) in [5.74, 6) is 0. The largest absolute Gasteiger partial charge is 0.378 e. The van der Waals surface area contributed by atoms with Crippen molar-refractivity contribution in [2.24, 2.45) is 0 Å². The van der Waals surface area contributed by atoms with Crippen molar-refractivity contribution in [1.29, 1.82) is 0 Å². The van der Waals surface area contributed by atoms with Gasteiger partial charge >= 0.3 is 0 Å². The van der Waals surface area contributed by atoms with E-state index >= 15 is 0 Å². The van der Waals surface area contributed by atoms with E-state index in [9.17, 15) is 0 Å². The summed E-state index contributed by atoms with van der Waals surface area (Å²) in [5.41, 5.74) is 4.05. The van der Waals surface area contributed by atoms with E-state index in [4.69, 9.17) is 0 Å². The zero-order valence-electron chi connectivity index (χ0n) is 13.6. The van der Waals surface area contributed by atoms with E-state index in [1.165, 1.54) is 21.7 Å². The second-order valence-corrected chi connectivity index (χ2v) is 7.31. The lowest BCUT2D eigenvalue weighted by Gasteiger charge is -2.25. The third-order valence-electron chi connectivity index (χ3n) is 3.72. The number of nitrogens with one attached hydrogen (secondary N) is 1. The number of para-hydroxylation sites is 1. The van der Waals surface area contributed by atoms with Crippen molar-refractivity contribution >= 4 is 17.4 Å². The Balaban J connectivity index is 2.21. The maximum atomic E-state index is 3.66. The molecule has 0 spiro atoms. The zero-order valence-corrected chi connectivity index (χ0v) is 14.4. The lowest BCUT2D eigenvalue weighted by molar-refractivity contribution is 0.590. The van der Waals surface area contributed by atoms with Crippen LogP contribution in [0.25, 0.3) is 0 Å². The van der Waals surface area contributed by atoms with Crippen molar-refractivity contribution in [2.75, 3.05) is 11.6 Å². The summed E-state index contributed by atoms with van der Waals surface area (Å²) < 4.78 is 0. The summed E-state index contributed by atoms with van der Waals surface area (Å²) in [5, 5.41) is 3.66. The molecule has 0 saturated carbocycles. The van der Waals surface area contributed by atoms with Crippen LogP contribution in [-0.4, -0.2) is 6.26 Å². The van der Waals surface area contributed by atoms with E-state index in [0.29, 0.717) is 6.04 Å². The first-order chi connectivity index (χ1) is 9.91. The molecular weight excluding hydrogens is 274 g/mol. The Morgan fingerprint density at radius 1 is 0.952 bits per heavy atom. The standard InChI is InChI=1S/C19H25NS/c1-14(15-10-12-16(21-5)13-11-15)20-18-9-7-6-8-17(18)19(2,3)4/h6-14,20H,1-5H3. The Labute approximate surface area is 133 Å². The molecule has 0 aromatic heterocycles. The average Bonchev–Trinajstić information content (AvgIpc) is 2.47. The third kappa shape index (κ3) is 4.04. The topological polar surface area (TPSA) is 12.0 Å². The number of thioether (sulfide) groups is 1. The van der Waals surface area contributed by atoms with Gasteiger partial charge in [0.15, 0.2) is 0 Å². The minimum atomic E-state index is 0.145. The third-order valence-corrected chi connectivity index (χ3v) is 4.47. The average molecular weight is 299 g/mol. The van der Waals surface area contributed by atoms with E-state index in [-0.39, 0.29) is 5.41 Å². The van der Waals surface area contributed by atoms with Crippen molar-refractivity contribution in [3.63, 3.8) is 0 Å². The molecule has 0 aliphatic carbocycles. The Morgan fingerprint density at radius 2 is 1.57 bits per heavy atom. The normalized spacial score (nSPS) is 13.0. The maximum Gasteiger partial charge on any atom is 0.0485 e. The van der Waals surface area contributed by atoms with Gasteiger partial charge in [0.1, 0.15) is 0 Å². The summed E-state index contributed by atoms with van der Waals surface area (Å²) in [6.45, 7) is 8.98. The molecule has 21 heavy (non-hydrogen) atoms. The van der Waals surface area contributed by atoms with Gasteiger partial charge in [0.05, 0.1) is 0 Å². The molecular formula is C19H25NS. The molecule has 0 saturated heterocycles. The first-order valence-corrected chi connectivity index (χ1v) is 8.64. The SMILES string of the molecule is CSc1ccc(C(C)Nc2ccccc2C(C)(C)C)cc1. The molecule has 2 aromatic carbocycles. The van der Waals surface area contributed by atoms with Crippen molar-refractivity contribution in [3.05, 3.63) is 59.7 Å². The summed E-state index contributed by atoms with van der Waals surface area (Å²) in [7, 11) is 0. The van der Waals surface area contributed by atoms with Gasteiger partial charge in [-0.15, -0.1) is 11.8 Å². The summed E-state index contributed by atoms with van der Waals surface area (Å²) >= 11 is 1.78. The highest BCUT2D eigenvalue weighted by atomic mass is 32.2. The predicted octanol–water partition coefficient (Wildman–Crippen LogP) is 5.88. The molecule has 1 atom stereocenters. The number of benzene rings is 2. The fourth-order valence-corrected chi connectivity index (χ4v) is 2.88. The van der Waals surface area contributed by atoms with E-state index < -0.39 is 0 Å². The molecule has 1 N–H and O–H groups in total. The van der Waals surface area contributed by atoms with Crippen LogP contribution in [0.4, 0.5) is 5.69 Å². The molecule has 2 rings (SSSR count). The molecule has 112 valence electrons. The second-order valence-electron chi connectivity index (χ2n) is 6.43. The summed E-state index contributed by atoms with van der Waals surface area (Å²) in [6, 6.07) is 17.7. The van der Waals surface area contributed by atoms with Crippen LogP contribution in [0.2, 0.25) is 0 Å². The van der Waals surface area contributed by atoms with Crippen LogP contribution in [0.1, 0.15) is 44.9 Å². The highest BCUT2D eigenvalue weighted by Gasteiger charge is 2.18. The van der Waals surface area contributed by atoms with Gasteiger partial charge in [-0.05, 0) is 47.9 Å². The first-order valence-electron chi connectivity index (χ1n) is 7.42. The highest BCUT2D eigenvalue weighted by molar-refractivity contribution is 7.98. The van der Waals surface area contributed by atoms with E-state index in [0.717, 1.165) is 0 Å². The summed E-state index contributed by atoms with van der Waals surface area (Å²) in [6.07, 6.45) is 2.11. The van der Waals surface area contributed by atoms with Crippen LogP contribution in [-0.2, 0) is 5.41 Å². The minimum absolute atomic E-state index is 0.145. The molecule has 2 aromatic rings. The number of hydrogen-bond acceptors (Lipinski definition) is 2. The van der Waals surface area contributed by atoms with Gasteiger partial charge < -0.3 is 5.32 Å². The molecule has 0 fully saturated rings. The Bertz CT molecular complexity index is 581. The molecule has 0 aliphatic heterocycles. The highest BCUT2D eigenvalue weighted by Crippen LogP contribution is 2.31. The van der Waals surface area contributed by atoms with E-state index in [1.807, 2.05) is 0 Å². The summed E-state index contributed by atoms with van der Waals surface area (Å²) in [4.78, 5) is 1.31. The molecule has 2 heteroatoms. The Hall–Kier alpha value is -1.41. The van der Waals surface area contributed by atoms with Gasteiger partial charge in [0, 0.05) is 16.6 Å². The lowest BCUT2D eigenvalue weighted by Crippen LogP contribution is -2.16. The van der Waals surface area contributed by atoms with Crippen LogP contribution in [0, 0.1) is 0 Å². The van der Waals surface area contributed by atoms with Gasteiger partial charge in [0.25, 0.3) is 0 Å². The molecule has 0 amide bonds. The maximum absolute atomic E-state index is 3.66. The van der Waals surface area contributed by atoms with Gasteiger partial charge in [-0.3, -0.25) is 0 Å². The monoisotopic (exact) mass is 299 g/mol.